The van der Waals surface area contributed by atoms with Crippen molar-refractivity contribution in [3.63, 3.8) is 0 Å². The molecule has 0 bridgehead atoms. The maximum absolute atomic E-state index is 10.5. The topological polar surface area (TPSA) is 40.5 Å². The Bertz CT molecular complexity index is 648. The molecule has 0 saturated heterocycles. The van der Waals surface area contributed by atoms with E-state index in [1.54, 1.807) is 12.1 Å². The van der Waals surface area contributed by atoms with Gasteiger partial charge in [0.25, 0.3) is 0 Å². The molecule has 0 aliphatic rings. The van der Waals surface area contributed by atoms with Crippen LogP contribution in [0.4, 0.5) is 0 Å². The highest BCUT2D eigenvalue weighted by Crippen LogP contribution is 2.26. The van der Waals surface area contributed by atoms with Crippen molar-refractivity contribution < 1.29 is 10.2 Å². The number of phenols is 2. The van der Waals surface area contributed by atoms with Crippen LogP contribution in [0, 0.1) is 6.92 Å². The lowest BCUT2D eigenvalue weighted by Crippen LogP contribution is -1.93. The Morgan fingerprint density at radius 2 is 0.909 bits per heavy atom. The van der Waals surface area contributed by atoms with Crippen molar-refractivity contribution in [3.8, 4) is 11.5 Å². The van der Waals surface area contributed by atoms with Gasteiger partial charge >= 0.3 is 0 Å². The number of benzene rings is 2. The lowest BCUT2D eigenvalue weighted by atomic mass is 9.98. The molecule has 2 N–H and O–H groups in total. The summed E-state index contributed by atoms with van der Waals surface area (Å²) in [4.78, 5) is 0. The molecule has 2 aromatic rings. The fourth-order valence-corrected chi connectivity index (χ4v) is 4.14. The molecule has 0 aromatic heterocycles. The molecule has 0 fully saturated rings. The zero-order valence-electron chi connectivity index (χ0n) is 21.7. The summed E-state index contributed by atoms with van der Waals surface area (Å²) in [6.45, 7) is 6.52. The highest BCUT2D eigenvalue weighted by Gasteiger charge is 2.06. The van der Waals surface area contributed by atoms with Crippen LogP contribution in [0.3, 0.4) is 0 Å². The van der Waals surface area contributed by atoms with E-state index in [9.17, 15) is 5.11 Å². The number of para-hydroxylation sites is 1. The minimum atomic E-state index is 0.329. The second-order valence-electron chi connectivity index (χ2n) is 9.50. The molecule has 0 aliphatic carbocycles. The standard InChI is InChI=1S/C24H42O.C7H8O/c1-3-5-7-9-11-13-15-18-22-20-17-21-23(24(22)25)19-16-14-12-10-8-6-4-2;1-6-2-4-7(8)5-3-6/h17,20-21,25H,3-16,18-19H2,1-2H3;2-5,8H,1H3. The summed E-state index contributed by atoms with van der Waals surface area (Å²) < 4.78 is 0. The molecule has 2 nitrogen and oxygen atoms in total. The van der Waals surface area contributed by atoms with Crippen LogP contribution in [0.2, 0.25) is 0 Å². The summed E-state index contributed by atoms with van der Waals surface area (Å²) in [5.74, 6) is 0.912. The summed E-state index contributed by atoms with van der Waals surface area (Å²) >= 11 is 0. The Labute approximate surface area is 204 Å². The highest BCUT2D eigenvalue weighted by molar-refractivity contribution is 5.40. The Kier molecular flexibility index (Phi) is 17.2. The van der Waals surface area contributed by atoms with Gasteiger partial charge < -0.3 is 10.2 Å². The molecule has 0 radical (unpaired) electrons. The van der Waals surface area contributed by atoms with Gasteiger partial charge in [-0.25, -0.2) is 0 Å². The predicted molar refractivity (Wildman–Crippen MR) is 144 cm³/mol. The zero-order chi connectivity index (χ0) is 24.2. The summed E-state index contributed by atoms with van der Waals surface area (Å²) in [7, 11) is 0. The van der Waals surface area contributed by atoms with E-state index >= 15 is 0 Å². The minimum Gasteiger partial charge on any atom is -0.508 e. The average molecular weight is 455 g/mol. The number of aryl methyl sites for hydroxylation is 3. The molecule has 186 valence electrons. The fraction of sp³-hybridized carbons (Fsp3) is 0.613. The van der Waals surface area contributed by atoms with Crippen molar-refractivity contribution in [2.75, 3.05) is 0 Å². The SMILES string of the molecule is CCCCCCCCCc1cccc(CCCCCCCCC)c1O.Cc1ccc(O)cc1. The van der Waals surface area contributed by atoms with Crippen molar-refractivity contribution in [2.45, 2.75) is 124 Å². The minimum absolute atomic E-state index is 0.329. The van der Waals surface area contributed by atoms with Crippen molar-refractivity contribution in [1.82, 2.24) is 0 Å². The molecule has 2 aromatic carbocycles. The molecule has 0 saturated carbocycles. The van der Waals surface area contributed by atoms with Crippen molar-refractivity contribution in [1.29, 1.82) is 0 Å². The quantitative estimate of drug-likeness (QED) is 0.248. The largest absolute Gasteiger partial charge is 0.508 e. The number of phenolic OH excluding ortho intramolecular Hbond substituents is 2. The third-order valence-corrected chi connectivity index (χ3v) is 6.34. The van der Waals surface area contributed by atoms with Gasteiger partial charge in [0.15, 0.2) is 0 Å². The van der Waals surface area contributed by atoms with E-state index in [1.165, 1.54) is 95.5 Å². The maximum atomic E-state index is 10.5. The van der Waals surface area contributed by atoms with Gasteiger partial charge in [0, 0.05) is 0 Å². The van der Waals surface area contributed by atoms with Gasteiger partial charge in [-0.2, -0.15) is 0 Å². The summed E-state index contributed by atoms with van der Waals surface area (Å²) in [6.07, 6.45) is 20.7. The van der Waals surface area contributed by atoms with E-state index in [-0.39, 0.29) is 0 Å². The smallest absolute Gasteiger partial charge is 0.121 e. The summed E-state index contributed by atoms with van der Waals surface area (Å²) in [5.41, 5.74) is 3.49. The number of hydrogen-bond acceptors (Lipinski definition) is 2. The van der Waals surface area contributed by atoms with E-state index < -0.39 is 0 Å². The van der Waals surface area contributed by atoms with Crippen molar-refractivity contribution >= 4 is 0 Å². The van der Waals surface area contributed by atoms with E-state index in [1.807, 2.05) is 19.1 Å². The highest BCUT2D eigenvalue weighted by atomic mass is 16.3. The van der Waals surface area contributed by atoms with Crippen LogP contribution in [0.5, 0.6) is 11.5 Å². The van der Waals surface area contributed by atoms with Crippen LogP contribution in [0.25, 0.3) is 0 Å². The van der Waals surface area contributed by atoms with E-state index in [0.29, 0.717) is 11.5 Å². The van der Waals surface area contributed by atoms with Gasteiger partial charge in [-0.05, 0) is 55.9 Å². The molecule has 2 heteroatoms. The van der Waals surface area contributed by atoms with Crippen LogP contribution >= 0.6 is 0 Å². The van der Waals surface area contributed by atoms with E-state index in [0.717, 1.165) is 24.0 Å². The molecule has 33 heavy (non-hydrogen) atoms. The summed E-state index contributed by atoms with van der Waals surface area (Å²) in [6, 6.07) is 13.4. The van der Waals surface area contributed by atoms with Gasteiger partial charge in [0.2, 0.25) is 0 Å². The Morgan fingerprint density at radius 3 is 1.30 bits per heavy atom. The van der Waals surface area contributed by atoms with Crippen LogP contribution in [0.15, 0.2) is 42.5 Å². The molecule has 0 spiro atoms. The van der Waals surface area contributed by atoms with E-state index in [4.69, 9.17) is 5.11 Å². The van der Waals surface area contributed by atoms with Crippen LogP contribution < -0.4 is 0 Å². The molecule has 0 atom stereocenters. The van der Waals surface area contributed by atoms with Crippen LogP contribution in [-0.2, 0) is 12.8 Å². The van der Waals surface area contributed by atoms with Gasteiger partial charge in [0.05, 0.1) is 0 Å². The van der Waals surface area contributed by atoms with Gasteiger partial charge in [-0.1, -0.05) is 127 Å². The average Bonchev–Trinajstić information content (AvgIpc) is 2.82. The van der Waals surface area contributed by atoms with Crippen molar-refractivity contribution in [2.24, 2.45) is 0 Å². The van der Waals surface area contributed by atoms with E-state index in [2.05, 4.69) is 32.0 Å². The first-order valence-electron chi connectivity index (χ1n) is 13.6. The lowest BCUT2D eigenvalue weighted by molar-refractivity contribution is 0.456. The predicted octanol–water partition coefficient (Wildman–Crippen LogP) is 9.68. The first-order valence-corrected chi connectivity index (χ1v) is 13.6. The van der Waals surface area contributed by atoms with Gasteiger partial charge in [-0.3, -0.25) is 0 Å². The first kappa shape index (κ1) is 29.1. The zero-order valence-corrected chi connectivity index (χ0v) is 21.7. The van der Waals surface area contributed by atoms with Crippen LogP contribution in [0.1, 0.15) is 120 Å². The van der Waals surface area contributed by atoms with Gasteiger partial charge in [-0.15, -0.1) is 0 Å². The molecule has 0 amide bonds. The van der Waals surface area contributed by atoms with Gasteiger partial charge in [0.1, 0.15) is 11.5 Å². The second kappa shape index (κ2) is 19.5. The fourth-order valence-electron chi connectivity index (χ4n) is 4.14. The molecule has 0 unspecified atom stereocenters. The lowest BCUT2D eigenvalue weighted by Gasteiger charge is -2.10. The number of aromatic hydroxyl groups is 2. The Hall–Kier alpha value is -1.96. The molecule has 2 rings (SSSR count). The van der Waals surface area contributed by atoms with Crippen LogP contribution in [-0.4, -0.2) is 10.2 Å². The molecular formula is C31H50O2. The van der Waals surface area contributed by atoms with Crippen molar-refractivity contribution in [3.05, 3.63) is 59.2 Å². The molecule has 0 heterocycles. The first-order chi connectivity index (χ1) is 16.1. The third-order valence-electron chi connectivity index (χ3n) is 6.34. The third kappa shape index (κ3) is 14.7. The number of rotatable bonds is 16. The summed E-state index contributed by atoms with van der Waals surface area (Å²) in [5, 5.41) is 19.3. The maximum Gasteiger partial charge on any atom is 0.121 e. The monoisotopic (exact) mass is 454 g/mol. The number of hydrogen-bond donors (Lipinski definition) is 2. The Balaban J connectivity index is 0.000000568. The number of unbranched alkanes of at least 4 members (excludes halogenated alkanes) is 12. The molecule has 0 aliphatic heterocycles. The second-order valence-corrected chi connectivity index (χ2v) is 9.50. The molecular weight excluding hydrogens is 404 g/mol. The normalized spacial score (nSPS) is 10.6. The Morgan fingerprint density at radius 1 is 0.515 bits per heavy atom.